The first-order valence-corrected chi connectivity index (χ1v) is 11.0. The molecular formula is C23H18Cl4N2O. The van der Waals surface area contributed by atoms with Gasteiger partial charge in [0, 0.05) is 40.3 Å². The summed E-state index contributed by atoms with van der Waals surface area (Å²) in [6.45, 7) is 1.70. The van der Waals surface area contributed by atoms with Gasteiger partial charge in [0.05, 0.1) is 16.8 Å². The van der Waals surface area contributed by atoms with Gasteiger partial charge in [0.1, 0.15) is 0 Å². The quantitative estimate of drug-likeness (QED) is 0.403. The minimum absolute atomic E-state index is 0.0432. The van der Waals surface area contributed by atoms with Crippen molar-refractivity contribution >= 4 is 58.0 Å². The molecule has 0 aliphatic carbocycles. The highest BCUT2D eigenvalue weighted by molar-refractivity contribution is 6.36. The summed E-state index contributed by atoms with van der Waals surface area (Å²) in [6, 6.07) is 20.1. The maximum atomic E-state index is 13.1. The fourth-order valence-corrected chi connectivity index (χ4v) is 4.58. The van der Waals surface area contributed by atoms with E-state index in [9.17, 15) is 4.79 Å². The summed E-state index contributed by atoms with van der Waals surface area (Å²) in [7, 11) is 0. The third-order valence-corrected chi connectivity index (χ3v) is 6.24. The Balaban J connectivity index is 1.68. The van der Waals surface area contributed by atoms with Crippen molar-refractivity contribution in [2.75, 3.05) is 24.5 Å². The molecular weight excluding hydrogens is 462 g/mol. The molecule has 0 bridgehead atoms. The van der Waals surface area contributed by atoms with Crippen molar-refractivity contribution in [1.29, 1.82) is 0 Å². The average Bonchev–Trinajstić information content (AvgIpc) is 2.74. The molecule has 3 aromatic rings. The van der Waals surface area contributed by atoms with Gasteiger partial charge in [0.15, 0.2) is 0 Å². The highest BCUT2D eigenvalue weighted by Crippen LogP contribution is 2.37. The SMILES string of the molecule is O=C(c1cccc(Cl)c1)N1CCN(c2ccc(Cl)cc2Cl)C(c2ccc(Cl)cc2)C1. The van der Waals surface area contributed by atoms with Gasteiger partial charge in [-0.2, -0.15) is 0 Å². The molecule has 30 heavy (non-hydrogen) atoms. The average molecular weight is 480 g/mol. The highest BCUT2D eigenvalue weighted by atomic mass is 35.5. The van der Waals surface area contributed by atoms with E-state index in [4.69, 9.17) is 46.4 Å². The third kappa shape index (κ3) is 4.55. The molecule has 1 aliphatic heterocycles. The van der Waals surface area contributed by atoms with Crippen LogP contribution in [0.25, 0.3) is 0 Å². The van der Waals surface area contributed by atoms with E-state index in [1.807, 2.05) is 41.3 Å². The van der Waals surface area contributed by atoms with Crippen molar-refractivity contribution in [2.24, 2.45) is 0 Å². The van der Waals surface area contributed by atoms with Crippen molar-refractivity contribution in [2.45, 2.75) is 6.04 Å². The summed E-state index contributed by atoms with van der Waals surface area (Å²) in [6.07, 6.45) is 0. The third-order valence-electron chi connectivity index (χ3n) is 5.21. The van der Waals surface area contributed by atoms with Gasteiger partial charge in [0.25, 0.3) is 5.91 Å². The molecule has 0 saturated carbocycles. The minimum Gasteiger partial charge on any atom is -0.360 e. The second-order valence-electron chi connectivity index (χ2n) is 7.12. The van der Waals surface area contributed by atoms with Crippen molar-refractivity contribution in [3.05, 3.63) is 97.9 Å². The van der Waals surface area contributed by atoms with Gasteiger partial charge >= 0.3 is 0 Å². The number of anilines is 1. The number of halogens is 4. The molecule has 0 spiro atoms. The fraction of sp³-hybridized carbons (Fsp3) is 0.174. The van der Waals surface area contributed by atoms with Crippen molar-refractivity contribution in [3.8, 4) is 0 Å². The van der Waals surface area contributed by atoms with Gasteiger partial charge in [0.2, 0.25) is 0 Å². The molecule has 1 aliphatic rings. The van der Waals surface area contributed by atoms with Crippen LogP contribution in [0.1, 0.15) is 22.0 Å². The molecule has 1 fully saturated rings. The topological polar surface area (TPSA) is 23.6 Å². The number of hydrogen-bond acceptors (Lipinski definition) is 2. The van der Waals surface area contributed by atoms with Crippen LogP contribution in [0.2, 0.25) is 20.1 Å². The predicted octanol–water partition coefficient (Wildman–Crippen LogP) is 7.00. The summed E-state index contributed by atoms with van der Waals surface area (Å²) in [4.78, 5) is 17.2. The molecule has 1 heterocycles. The minimum atomic E-state index is -0.0853. The smallest absolute Gasteiger partial charge is 0.254 e. The van der Waals surface area contributed by atoms with E-state index < -0.39 is 0 Å². The molecule has 1 unspecified atom stereocenters. The van der Waals surface area contributed by atoms with Crippen LogP contribution in [-0.4, -0.2) is 30.4 Å². The number of benzene rings is 3. The molecule has 4 rings (SSSR count). The van der Waals surface area contributed by atoms with Crippen LogP contribution in [0.4, 0.5) is 5.69 Å². The number of nitrogens with zero attached hydrogens (tertiary/aromatic N) is 2. The lowest BCUT2D eigenvalue weighted by Gasteiger charge is -2.43. The van der Waals surface area contributed by atoms with Crippen molar-refractivity contribution in [3.63, 3.8) is 0 Å². The Bertz CT molecular complexity index is 1070. The van der Waals surface area contributed by atoms with E-state index in [1.54, 1.807) is 30.3 Å². The summed E-state index contributed by atoms with van der Waals surface area (Å²) in [5, 5.41) is 2.37. The molecule has 154 valence electrons. The number of carbonyl (C=O) groups is 1. The van der Waals surface area contributed by atoms with E-state index in [-0.39, 0.29) is 11.9 Å². The largest absolute Gasteiger partial charge is 0.360 e. The second-order valence-corrected chi connectivity index (χ2v) is 8.83. The van der Waals surface area contributed by atoms with Gasteiger partial charge in [-0.05, 0) is 54.1 Å². The first-order chi connectivity index (χ1) is 14.4. The van der Waals surface area contributed by atoms with Gasteiger partial charge in [-0.3, -0.25) is 4.79 Å². The molecule has 3 aromatic carbocycles. The maximum Gasteiger partial charge on any atom is 0.254 e. The molecule has 1 atom stereocenters. The lowest BCUT2D eigenvalue weighted by molar-refractivity contribution is 0.0722. The number of amides is 1. The monoisotopic (exact) mass is 478 g/mol. The van der Waals surface area contributed by atoms with E-state index in [0.29, 0.717) is 45.3 Å². The number of carbonyl (C=O) groups excluding carboxylic acids is 1. The van der Waals surface area contributed by atoms with Crippen LogP contribution in [-0.2, 0) is 0 Å². The Morgan fingerprint density at radius 1 is 0.800 bits per heavy atom. The number of piperazine rings is 1. The zero-order valence-corrected chi connectivity index (χ0v) is 18.9. The number of hydrogen-bond donors (Lipinski definition) is 0. The highest BCUT2D eigenvalue weighted by Gasteiger charge is 2.32. The van der Waals surface area contributed by atoms with Crippen LogP contribution >= 0.6 is 46.4 Å². The molecule has 0 radical (unpaired) electrons. The van der Waals surface area contributed by atoms with Crippen LogP contribution in [0, 0.1) is 0 Å². The van der Waals surface area contributed by atoms with E-state index >= 15 is 0 Å². The Morgan fingerprint density at radius 2 is 1.50 bits per heavy atom. The van der Waals surface area contributed by atoms with Gasteiger partial charge < -0.3 is 9.80 Å². The summed E-state index contributed by atoms with van der Waals surface area (Å²) in [5.74, 6) is -0.0432. The van der Waals surface area contributed by atoms with E-state index in [1.165, 1.54) is 0 Å². The molecule has 1 amide bonds. The Morgan fingerprint density at radius 3 is 2.20 bits per heavy atom. The molecule has 0 aromatic heterocycles. The normalized spacial score (nSPS) is 16.6. The first-order valence-electron chi connectivity index (χ1n) is 9.44. The zero-order chi connectivity index (χ0) is 21.3. The summed E-state index contributed by atoms with van der Waals surface area (Å²) >= 11 is 24.8. The zero-order valence-electron chi connectivity index (χ0n) is 15.9. The van der Waals surface area contributed by atoms with Gasteiger partial charge in [-0.15, -0.1) is 0 Å². The maximum absolute atomic E-state index is 13.1. The fourth-order valence-electron chi connectivity index (χ4n) is 3.74. The van der Waals surface area contributed by atoms with Crippen LogP contribution < -0.4 is 4.90 Å². The Labute approximate surface area is 195 Å². The summed E-state index contributed by atoms with van der Waals surface area (Å²) < 4.78 is 0. The van der Waals surface area contributed by atoms with E-state index in [2.05, 4.69) is 4.90 Å². The standard InChI is InChI=1S/C23H18Cl4N2O/c24-17-6-4-15(5-7-17)22-14-28(23(30)16-2-1-3-18(25)12-16)10-11-29(22)21-9-8-19(26)13-20(21)27/h1-9,12-13,22H,10-11,14H2. The predicted molar refractivity (Wildman–Crippen MR) is 125 cm³/mol. The Kier molecular flexibility index (Phi) is 6.45. The van der Waals surface area contributed by atoms with Crippen LogP contribution in [0.15, 0.2) is 66.7 Å². The molecule has 7 heteroatoms. The number of rotatable bonds is 3. The molecule has 1 saturated heterocycles. The van der Waals surface area contributed by atoms with Crippen molar-refractivity contribution < 1.29 is 4.79 Å². The van der Waals surface area contributed by atoms with Crippen molar-refractivity contribution in [1.82, 2.24) is 4.90 Å². The van der Waals surface area contributed by atoms with Crippen LogP contribution in [0.3, 0.4) is 0 Å². The molecule has 3 nitrogen and oxygen atoms in total. The Hall–Kier alpha value is -1.91. The lowest BCUT2D eigenvalue weighted by Crippen LogP contribution is -2.50. The first kappa shape index (κ1) is 21.3. The van der Waals surface area contributed by atoms with Crippen LogP contribution in [0.5, 0.6) is 0 Å². The van der Waals surface area contributed by atoms with E-state index in [0.717, 1.165) is 11.3 Å². The van der Waals surface area contributed by atoms with Gasteiger partial charge in [-0.1, -0.05) is 64.6 Å². The second kappa shape index (κ2) is 9.07. The molecule has 0 N–H and O–H groups in total. The van der Waals surface area contributed by atoms with Gasteiger partial charge in [-0.25, -0.2) is 0 Å². The summed E-state index contributed by atoms with van der Waals surface area (Å²) in [5.41, 5.74) is 2.51. The lowest BCUT2D eigenvalue weighted by atomic mass is 10.0.